The second-order valence-electron chi connectivity index (χ2n) is 3.15. The van der Waals surface area contributed by atoms with Crippen molar-refractivity contribution in [3.05, 3.63) is 27.3 Å². The molecule has 0 aliphatic rings. The monoisotopic (exact) mass is 338 g/mol. The lowest BCUT2D eigenvalue weighted by Gasteiger charge is -2.25. The van der Waals surface area contributed by atoms with Crippen LogP contribution in [0.4, 0.5) is 0 Å². The predicted molar refractivity (Wildman–Crippen MR) is 70.3 cm³/mol. The predicted octanol–water partition coefficient (Wildman–Crippen LogP) is 1.68. The molecule has 1 aromatic carbocycles. The number of hydrogen-bond acceptors (Lipinski definition) is 3. The average molecular weight is 338 g/mol. The van der Waals surface area contributed by atoms with E-state index >= 15 is 0 Å². The molecular weight excluding hydrogens is 323 g/mol. The molecule has 0 atom stereocenters. The Morgan fingerprint density at radius 1 is 1.07 bits per heavy atom. The molecule has 0 unspecified atom stereocenters. The van der Waals surface area contributed by atoms with Gasteiger partial charge in [-0.15, -0.1) is 0 Å². The molecule has 0 saturated heterocycles. The lowest BCUT2D eigenvalue weighted by Crippen LogP contribution is -2.55. The van der Waals surface area contributed by atoms with Crippen LogP contribution in [-0.4, -0.2) is 30.1 Å². The van der Waals surface area contributed by atoms with Gasteiger partial charge < -0.3 is 13.3 Å². The van der Waals surface area contributed by atoms with Crippen LogP contribution in [0.1, 0.15) is 5.56 Å². The van der Waals surface area contributed by atoms with Crippen LogP contribution in [0.25, 0.3) is 0 Å². The van der Waals surface area contributed by atoms with Crippen molar-refractivity contribution < 1.29 is 13.3 Å². The van der Waals surface area contributed by atoms with Gasteiger partial charge in [0.15, 0.2) is 0 Å². The summed E-state index contributed by atoms with van der Waals surface area (Å²) in [4.78, 5) is 0. The number of benzene rings is 1. The van der Waals surface area contributed by atoms with E-state index in [-0.39, 0.29) is 0 Å². The lowest BCUT2D eigenvalue weighted by atomic mass is 10.2. The molecule has 3 nitrogen and oxygen atoms in total. The fourth-order valence-corrected chi connectivity index (χ4v) is 4.92. The number of rotatable bonds is 4. The van der Waals surface area contributed by atoms with Gasteiger partial charge in [-0.1, -0.05) is 17.7 Å². The SMILES string of the molecule is CO[Si](OC)(OC)c1ccc(C)cc1I. The molecule has 0 bridgehead atoms. The zero-order valence-electron chi connectivity index (χ0n) is 9.33. The van der Waals surface area contributed by atoms with E-state index in [1.54, 1.807) is 21.3 Å². The quantitative estimate of drug-likeness (QED) is 0.618. The summed E-state index contributed by atoms with van der Waals surface area (Å²) in [5.41, 5.74) is 1.22. The smallest absolute Gasteiger partial charge is 0.373 e. The van der Waals surface area contributed by atoms with Gasteiger partial charge in [-0.25, -0.2) is 0 Å². The van der Waals surface area contributed by atoms with Crippen LogP contribution in [0.5, 0.6) is 0 Å². The Morgan fingerprint density at radius 3 is 2.00 bits per heavy atom. The van der Waals surface area contributed by atoms with Crippen LogP contribution < -0.4 is 5.19 Å². The van der Waals surface area contributed by atoms with E-state index in [1.165, 1.54) is 5.56 Å². The molecule has 5 heteroatoms. The van der Waals surface area contributed by atoms with Crippen LogP contribution in [0.2, 0.25) is 0 Å². The van der Waals surface area contributed by atoms with E-state index in [0.717, 1.165) is 8.76 Å². The molecule has 0 fully saturated rings. The highest BCUT2D eigenvalue weighted by Crippen LogP contribution is 2.13. The number of hydrogen-bond donors (Lipinski definition) is 0. The fraction of sp³-hybridized carbons (Fsp3) is 0.400. The van der Waals surface area contributed by atoms with E-state index in [4.69, 9.17) is 13.3 Å². The minimum absolute atomic E-state index is 1.02. The first-order valence-corrected chi connectivity index (χ1v) is 7.32. The Balaban J connectivity index is 3.22. The first kappa shape index (κ1) is 13.1. The highest BCUT2D eigenvalue weighted by atomic mass is 127. The van der Waals surface area contributed by atoms with Crippen molar-refractivity contribution in [3.63, 3.8) is 0 Å². The second kappa shape index (κ2) is 5.40. The molecular formula is C10H15IO3Si. The molecule has 0 aromatic heterocycles. The summed E-state index contributed by atoms with van der Waals surface area (Å²) in [6, 6.07) is 6.14. The first-order valence-electron chi connectivity index (χ1n) is 4.51. The second-order valence-corrected chi connectivity index (χ2v) is 7.19. The van der Waals surface area contributed by atoms with Gasteiger partial charge in [0.2, 0.25) is 0 Å². The summed E-state index contributed by atoms with van der Waals surface area (Å²) in [7, 11) is 2.19. The molecule has 0 aliphatic carbocycles. The van der Waals surface area contributed by atoms with Crippen molar-refractivity contribution in [3.8, 4) is 0 Å². The van der Waals surface area contributed by atoms with Gasteiger partial charge >= 0.3 is 8.80 Å². The van der Waals surface area contributed by atoms with Crippen LogP contribution in [0.3, 0.4) is 0 Å². The van der Waals surface area contributed by atoms with Gasteiger partial charge in [-0.05, 0) is 35.6 Å². The van der Waals surface area contributed by atoms with Gasteiger partial charge in [0.1, 0.15) is 0 Å². The first-order chi connectivity index (χ1) is 7.09. The summed E-state index contributed by atoms with van der Waals surface area (Å²) >= 11 is 2.28. The fourth-order valence-electron chi connectivity index (χ4n) is 1.45. The largest absolute Gasteiger partial charge is 0.537 e. The molecule has 84 valence electrons. The maximum absolute atomic E-state index is 5.43. The Kier molecular flexibility index (Phi) is 4.72. The maximum atomic E-state index is 5.43. The van der Waals surface area contributed by atoms with Gasteiger partial charge in [0, 0.05) is 30.1 Å². The van der Waals surface area contributed by atoms with E-state index in [0.29, 0.717) is 0 Å². The molecule has 15 heavy (non-hydrogen) atoms. The standard InChI is InChI=1S/C10H15IO3Si/c1-8-5-6-10(9(11)7-8)15(12-2,13-3)14-4/h5-7H,1-4H3. The van der Waals surface area contributed by atoms with E-state index in [1.807, 2.05) is 12.1 Å². The lowest BCUT2D eigenvalue weighted by molar-refractivity contribution is 0.140. The molecule has 0 heterocycles. The summed E-state index contributed by atoms with van der Waals surface area (Å²) in [5, 5.41) is 1.02. The molecule has 0 saturated carbocycles. The van der Waals surface area contributed by atoms with E-state index in [2.05, 4.69) is 35.6 Å². The zero-order valence-corrected chi connectivity index (χ0v) is 12.5. The van der Waals surface area contributed by atoms with Gasteiger partial charge in [-0.2, -0.15) is 0 Å². The third-order valence-corrected chi connectivity index (χ3v) is 6.37. The van der Waals surface area contributed by atoms with Crippen LogP contribution in [0.15, 0.2) is 18.2 Å². The molecule has 0 amide bonds. The Morgan fingerprint density at radius 2 is 1.60 bits per heavy atom. The summed E-state index contributed by atoms with van der Waals surface area (Å²) in [6.45, 7) is 2.06. The minimum Gasteiger partial charge on any atom is -0.373 e. The van der Waals surface area contributed by atoms with Crippen molar-refractivity contribution in [1.82, 2.24) is 0 Å². The maximum Gasteiger partial charge on any atom is 0.537 e. The van der Waals surface area contributed by atoms with Crippen molar-refractivity contribution in [2.75, 3.05) is 21.3 Å². The minimum atomic E-state index is -2.67. The van der Waals surface area contributed by atoms with Crippen molar-refractivity contribution in [1.29, 1.82) is 0 Å². The van der Waals surface area contributed by atoms with Crippen molar-refractivity contribution in [2.24, 2.45) is 0 Å². The van der Waals surface area contributed by atoms with E-state index < -0.39 is 8.80 Å². The van der Waals surface area contributed by atoms with Crippen molar-refractivity contribution in [2.45, 2.75) is 6.92 Å². The van der Waals surface area contributed by atoms with Crippen molar-refractivity contribution >= 4 is 36.6 Å². The molecule has 1 rings (SSSR count). The summed E-state index contributed by atoms with van der Waals surface area (Å²) < 4.78 is 17.4. The Hall–Kier alpha value is 0.0469. The zero-order chi connectivity index (χ0) is 11.5. The molecule has 0 spiro atoms. The normalized spacial score (nSPS) is 11.8. The molecule has 0 N–H and O–H groups in total. The highest BCUT2D eigenvalue weighted by molar-refractivity contribution is 14.1. The van der Waals surface area contributed by atoms with Gasteiger partial charge in [0.25, 0.3) is 0 Å². The van der Waals surface area contributed by atoms with Crippen LogP contribution in [-0.2, 0) is 13.3 Å². The summed E-state index contributed by atoms with van der Waals surface area (Å²) in [5.74, 6) is 0. The number of aryl methyl sites for hydroxylation is 1. The third-order valence-electron chi connectivity index (χ3n) is 2.26. The molecule has 0 radical (unpaired) electrons. The molecule has 1 aromatic rings. The Bertz CT molecular complexity index is 331. The molecule has 0 aliphatic heterocycles. The summed E-state index contributed by atoms with van der Waals surface area (Å²) in [6.07, 6.45) is 0. The highest BCUT2D eigenvalue weighted by Gasteiger charge is 2.42. The van der Waals surface area contributed by atoms with E-state index in [9.17, 15) is 0 Å². The van der Waals surface area contributed by atoms with Crippen LogP contribution in [0, 0.1) is 10.5 Å². The van der Waals surface area contributed by atoms with Gasteiger partial charge in [-0.3, -0.25) is 0 Å². The average Bonchev–Trinajstić information content (AvgIpc) is 2.23. The topological polar surface area (TPSA) is 27.7 Å². The number of halogens is 1. The van der Waals surface area contributed by atoms with Gasteiger partial charge in [0.05, 0.1) is 0 Å². The Labute approximate surface area is 105 Å². The van der Waals surface area contributed by atoms with Crippen LogP contribution >= 0.6 is 22.6 Å². The third kappa shape index (κ3) is 2.59.